The van der Waals surface area contributed by atoms with E-state index in [1.807, 2.05) is 0 Å². The van der Waals surface area contributed by atoms with Gasteiger partial charge in [0.1, 0.15) is 16.5 Å². The first-order chi connectivity index (χ1) is 13.7. The van der Waals surface area contributed by atoms with Crippen molar-refractivity contribution in [2.75, 3.05) is 0 Å². The Hall–Kier alpha value is -0.401. The molecule has 0 aromatic heterocycles. The molecule has 0 unspecified atom stereocenters. The molecule has 30 heavy (non-hydrogen) atoms. The monoisotopic (exact) mass is 443 g/mol. The molecule has 0 radical (unpaired) electrons. The highest BCUT2D eigenvalue weighted by atomic mass is 28.4. The van der Waals surface area contributed by atoms with Gasteiger partial charge in [0.25, 0.3) is 0 Å². The van der Waals surface area contributed by atoms with E-state index < -0.39 is 16.5 Å². The highest BCUT2D eigenvalue weighted by Crippen LogP contribution is 2.66. The summed E-state index contributed by atoms with van der Waals surface area (Å²) in [5.41, 5.74) is 1.69. The van der Waals surface area contributed by atoms with Crippen LogP contribution >= 0.6 is 0 Å². The van der Waals surface area contributed by atoms with E-state index in [0.29, 0.717) is 17.4 Å². The number of nitrogens with zero attached hydrogens (tertiary/aromatic N) is 1. The van der Waals surface area contributed by atoms with Crippen LogP contribution in [0.5, 0.6) is 0 Å². The highest BCUT2D eigenvalue weighted by Gasteiger charge is 2.68. The van der Waals surface area contributed by atoms with Crippen molar-refractivity contribution in [2.45, 2.75) is 97.0 Å². The number of rotatable bonds is 6. The lowest BCUT2D eigenvalue weighted by Crippen LogP contribution is -2.65. The van der Waals surface area contributed by atoms with Crippen molar-refractivity contribution in [3.05, 3.63) is 35.9 Å². The fourth-order valence-electron chi connectivity index (χ4n) is 7.24. The SMILES string of the molecule is CC1(C)[C@H]2C[C@@H]3OB(C[C@@H](c4ccccc4)N([Si](C)(C)C)[Si](C)(C)C)O[C@]3(C)[C@@H]1C2. The first kappa shape index (κ1) is 22.8. The molecule has 1 aliphatic heterocycles. The van der Waals surface area contributed by atoms with Gasteiger partial charge >= 0.3 is 7.12 Å². The lowest BCUT2D eigenvalue weighted by atomic mass is 9.43. The zero-order valence-electron chi connectivity index (χ0n) is 20.7. The second kappa shape index (κ2) is 7.31. The average Bonchev–Trinajstić information content (AvgIpc) is 2.94. The molecule has 166 valence electrons. The van der Waals surface area contributed by atoms with E-state index in [4.69, 9.17) is 9.31 Å². The van der Waals surface area contributed by atoms with Gasteiger partial charge in [-0.25, -0.2) is 0 Å². The third kappa shape index (κ3) is 3.70. The maximum Gasteiger partial charge on any atom is 0.459 e. The molecule has 0 spiro atoms. The topological polar surface area (TPSA) is 21.7 Å². The van der Waals surface area contributed by atoms with Crippen LogP contribution in [0.25, 0.3) is 0 Å². The molecular weight excluding hydrogens is 401 g/mol. The number of hydrogen-bond donors (Lipinski definition) is 0. The molecule has 1 aromatic carbocycles. The molecule has 4 fully saturated rings. The molecule has 2 bridgehead atoms. The Bertz CT molecular complexity index is 762. The summed E-state index contributed by atoms with van der Waals surface area (Å²) in [6.07, 6.45) is 3.68. The summed E-state index contributed by atoms with van der Waals surface area (Å²) in [6, 6.07) is 11.5. The van der Waals surface area contributed by atoms with Crippen molar-refractivity contribution in [1.82, 2.24) is 4.23 Å². The standard InChI is InChI=1S/C24H42BNO2Si2/c1-23(2)19-15-21(23)24(3)22(16-19)27-25(28-24)17-20(18-13-11-10-12-14-18)26(29(4,5)6)30(7,8)9/h10-14,19-22H,15-17H2,1-9H3/t19-,20+,21-,22+,24-/m1/s1. The van der Waals surface area contributed by atoms with Crippen LogP contribution in [-0.2, 0) is 9.31 Å². The van der Waals surface area contributed by atoms with Gasteiger partial charge in [-0.1, -0.05) is 83.5 Å². The Morgan fingerprint density at radius 3 is 2.13 bits per heavy atom. The first-order valence-electron chi connectivity index (χ1n) is 11.9. The summed E-state index contributed by atoms with van der Waals surface area (Å²) in [5, 5.41) is 0. The summed E-state index contributed by atoms with van der Waals surface area (Å²) >= 11 is 0. The van der Waals surface area contributed by atoms with Crippen LogP contribution in [0.4, 0.5) is 0 Å². The van der Waals surface area contributed by atoms with Gasteiger partial charge in [0, 0.05) is 12.4 Å². The Labute approximate surface area is 187 Å². The molecule has 6 heteroatoms. The van der Waals surface area contributed by atoms with Crippen molar-refractivity contribution < 1.29 is 9.31 Å². The quantitative estimate of drug-likeness (QED) is 0.473. The van der Waals surface area contributed by atoms with Gasteiger partial charge in [-0.3, -0.25) is 0 Å². The maximum atomic E-state index is 6.85. The smallest absolute Gasteiger partial charge is 0.405 e. The summed E-state index contributed by atoms with van der Waals surface area (Å²) in [6.45, 7) is 22.2. The Morgan fingerprint density at radius 1 is 1.00 bits per heavy atom. The van der Waals surface area contributed by atoms with Gasteiger partial charge < -0.3 is 13.5 Å². The van der Waals surface area contributed by atoms with Gasteiger partial charge in [-0.2, -0.15) is 0 Å². The third-order valence-corrected chi connectivity index (χ3v) is 15.9. The van der Waals surface area contributed by atoms with Crippen LogP contribution in [0.3, 0.4) is 0 Å². The van der Waals surface area contributed by atoms with E-state index >= 15 is 0 Å². The molecular formula is C24H42BNO2Si2. The van der Waals surface area contributed by atoms with E-state index in [-0.39, 0.29) is 18.8 Å². The average molecular weight is 444 g/mol. The molecule has 1 saturated heterocycles. The van der Waals surface area contributed by atoms with E-state index in [2.05, 4.69) is 94.6 Å². The summed E-state index contributed by atoms with van der Waals surface area (Å²) < 4.78 is 16.4. The van der Waals surface area contributed by atoms with Gasteiger partial charge in [0.05, 0.1) is 11.7 Å². The molecule has 1 aromatic rings. The normalized spacial score (nSPS) is 33.9. The van der Waals surface area contributed by atoms with E-state index in [1.165, 1.54) is 12.0 Å². The van der Waals surface area contributed by atoms with Gasteiger partial charge in [-0.05, 0) is 42.6 Å². The van der Waals surface area contributed by atoms with Crippen LogP contribution in [0.1, 0.15) is 45.2 Å². The summed E-state index contributed by atoms with van der Waals surface area (Å²) in [7, 11) is -3.18. The zero-order chi connectivity index (χ0) is 22.1. The Morgan fingerprint density at radius 2 is 1.60 bits per heavy atom. The van der Waals surface area contributed by atoms with Crippen molar-refractivity contribution in [1.29, 1.82) is 0 Å². The molecule has 5 atom stereocenters. The van der Waals surface area contributed by atoms with Crippen molar-refractivity contribution in [2.24, 2.45) is 17.3 Å². The predicted octanol–water partition coefficient (Wildman–Crippen LogP) is 6.43. The highest BCUT2D eigenvalue weighted by molar-refractivity contribution is 6.89. The summed E-state index contributed by atoms with van der Waals surface area (Å²) in [4.78, 5) is 0. The second-order valence-electron chi connectivity index (χ2n) is 12.8. The minimum Gasteiger partial charge on any atom is -0.405 e. The molecule has 3 saturated carbocycles. The predicted molar refractivity (Wildman–Crippen MR) is 133 cm³/mol. The van der Waals surface area contributed by atoms with Crippen molar-refractivity contribution in [3.63, 3.8) is 0 Å². The Balaban J connectivity index is 1.62. The molecule has 3 nitrogen and oxygen atoms in total. The van der Waals surface area contributed by atoms with Gasteiger partial charge in [-0.15, -0.1) is 0 Å². The maximum absolute atomic E-state index is 6.85. The molecule has 0 N–H and O–H groups in total. The van der Waals surface area contributed by atoms with Crippen molar-refractivity contribution in [3.8, 4) is 0 Å². The van der Waals surface area contributed by atoms with Gasteiger partial charge in [0.2, 0.25) is 0 Å². The molecule has 4 aliphatic rings. The largest absolute Gasteiger partial charge is 0.459 e. The number of hydrogen-bond acceptors (Lipinski definition) is 3. The van der Waals surface area contributed by atoms with Crippen LogP contribution < -0.4 is 0 Å². The van der Waals surface area contributed by atoms with E-state index in [1.54, 1.807) is 0 Å². The first-order valence-corrected chi connectivity index (χ1v) is 18.8. The van der Waals surface area contributed by atoms with Crippen LogP contribution in [0.2, 0.25) is 45.6 Å². The number of benzene rings is 1. The van der Waals surface area contributed by atoms with Crippen molar-refractivity contribution >= 4 is 23.6 Å². The molecule has 1 heterocycles. The third-order valence-electron chi connectivity index (χ3n) is 8.36. The molecule has 5 rings (SSSR count). The lowest BCUT2D eigenvalue weighted by molar-refractivity contribution is -0.199. The molecule has 3 aliphatic carbocycles. The summed E-state index contributed by atoms with van der Waals surface area (Å²) in [5.74, 6) is 1.42. The Kier molecular flexibility index (Phi) is 5.55. The fourth-order valence-corrected chi connectivity index (χ4v) is 17.7. The van der Waals surface area contributed by atoms with Crippen LogP contribution in [0.15, 0.2) is 30.3 Å². The van der Waals surface area contributed by atoms with Crippen LogP contribution in [-0.4, -0.2) is 39.5 Å². The van der Waals surface area contributed by atoms with Crippen LogP contribution in [0, 0.1) is 17.3 Å². The van der Waals surface area contributed by atoms with E-state index in [9.17, 15) is 0 Å². The second-order valence-corrected chi connectivity index (χ2v) is 22.9. The van der Waals surface area contributed by atoms with Gasteiger partial charge in [0.15, 0.2) is 0 Å². The fraction of sp³-hybridized carbons (Fsp3) is 0.750. The minimum atomic E-state index is -1.54. The lowest BCUT2D eigenvalue weighted by Gasteiger charge is -2.64. The van der Waals surface area contributed by atoms with E-state index in [0.717, 1.165) is 18.7 Å². The minimum absolute atomic E-state index is 0.101. The zero-order valence-corrected chi connectivity index (χ0v) is 22.7. The molecule has 0 amide bonds.